The van der Waals surface area contributed by atoms with E-state index in [0.29, 0.717) is 6.61 Å². The second kappa shape index (κ2) is 4.38. The molecule has 0 bridgehead atoms. The second-order valence-corrected chi connectivity index (χ2v) is 3.68. The standard InChI is InChI=1S/C10H15NO2/c1-13-8-10(5-2-3-6-10)9(12)4-7-11/h2-6,8H2,1H3. The number of carbonyl (C=O) groups excluding carboxylic acids is 1. The second-order valence-electron chi connectivity index (χ2n) is 3.68. The largest absolute Gasteiger partial charge is 0.384 e. The van der Waals surface area contributed by atoms with Gasteiger partial charge in [-0.3, -0.25) is 4.79 Å². The molecular formula is C10H15NO2. The van der Waals surface area contributed by atoms with Crippen LogP contribution in [-0.4, -0.2) is 19.5 Å². The third-order valence-corrected chi connectivity index (χ3v) is 2.81. The summed E-state index contributed by atoms with van der Waals surface area (Å²) in [5.74, 6) is 0.0642. The van der Waals surface area contributed by atoms with Crippen molar-refractivity contribution in [1.29, 1.82) is 5.26 Å². The minimum Gasteiger partial charge on any atom is -0.384 e. The average Bonchev–Trinajstić information content (AvgIpc) is 2.55. The van der Waals surface area contributed by atoms with Crippen LogP contribution in [0.5, 0.6) is 0 Å². The molecule has 0 aromatic carbocycles. The van der Waals surface area contributed by atoms with Crippen molar-refractivity contribution in [3.8, 4) is 6.07 Å². The Labute approximate surface area is 78.7 Å². The van der Waals surface area contributed by atoms with Gasteiger partial charge in [0, 0.05) is 7.11 Å². The molecule has 0 atom stereocenters. The molecule has 0 heterocycles. The first-order chi connectivity index (χ1) is 6.25. The minimum atomic E-state index is -0.329. The summed E-state index contributed by atoms with van der Waals surface area (Å²) >= 11 is 0. The van der Waals surface area contributed by atoms with Gasteiger partial charge in [-0.05, 0) is 12.8 Å². The minimum absolute atomic E-state index is 0.0311. The first-order valence-corrected chi connectivity index (χ1v) is 4.64. The van der Waals surface area contributed by atoms with Crippen molar-refractivity contribution in [3.05, 3.63) is 0 Å². The van der Waals surface area contributed by atoms with E-state index in [0.717, 1.165) is 25.7 Å². The molecule has 72 valence electrons. The van der Waals surface area contributed by atoms with Gasteiger partial charge in [0.05, 0.1) is 24.5 Å². The Bertz CT molecular complexity index is 224. The van der Waals surface area contributed by atoms with Crippen molar-refractivity contribution in [2.45, 2.75) is 32.1 Å². The fourth-order valence-corrected chi connectivity index (χ4v) is 2.09. The fourth-order valence-electron chi connectivity index (χ4n) is 2.09. The van der Waals surface area contributed by atoms with Crippen LogP contribution >= 0.6 is 0 Å². The lowest BCUT2D eigenvalue weighted by molar-refractivity contribution is -0.130. The molecule has 1 rings (SSSR count). The van der Waals surface area contributed by atoms with Gasteiger partial charge in [0.2, 0.25) is 0 Å². The van der Waals surface area contributed by atoms with Crippen LogP contribution < -0.4 is 0 Å². The van der Waals surface area contributed by atoms with Crippen molar-refractivity contribution in [3.63, 3.8) is 0 Å². The number of carbonyl (C=O) groups is 1. The highest BCUT2D eigenvalue weighted by Crippen LogP contribution is 2.39. The lowest BCUT2D eigenvalue weighted by Gasteiger charge is -2.25. The molecule has 1 fully saturated rings. The molecule has 1 aliphatic carbocycles. The highest BCUT2D eigenvalue weighted by atomic mass is 16.5. The van der Waals surface area contributed by atoms with Crippen LogP contribution in [0.4, 0.5) is 0 Å². The summed E-state index contributed by atoms with van der Waals surface area (Å²) in [5.41, 5.74) is -0.329. The van der Waals surface area contributed by atoms with Crippen molar-refractivity contribution >= 4 is 5.78 Å². The Hall–Kier alpha value is -0.880. The molecule has 1 saturated carbocycles. The van der Waals surface area contributed by atoms with Crippen LogP contribution in [0.2, 0.25) is 0 Å². The number of Topliss-reactive ketones (excluding diaryl/α,β-unsaturated/α-hetero) is 1. The molecule has 0 spiro atoms. The smallest absolute Gasteiger partial charge is 0.155 e. The van der Waals surface area contributed by atoms with Crippen molar-refractivity contribution in [2.24, 2.45) is 5.41 Å². The number of ketones is 1. The molecule has 0 saturated heterocycles. The van der Waals surface area contributed by atoms with Crippen LogP contribution in [0.3, 0.4) is 0 Å². The summed E-state index contributed by atoms with van der Waals surface area (Å²) in [7, 11) is 1.61. The van der Waals surface area contributed by atoms with Crippen LogP contribution in [0.25, 0.3) is 0 Å². The summed E-state index contributed by atoms with van der Waals surface area (Å²) in [4.78, 5) is 11.7. The summed E-state index contributed by atoms with van der Waals surface area (Å²) in [6.07, 6.45) is 3.98. The Morgan fingerprint density at radius 2 is 2.15 bits per heavy atom. The molecule has 0 radical (unpaired) electrons. The molecule has 1 aliphatic rings. The average molecular weight is 181 g/mol. The fraction of sp³-hybridized carbons (Fsp3) is 0.800. The van der Waals surface area contributed by atoms with Crippen molar-refractivity contribution in [1.82, 2.24) is 0 Å². The molecule has 0 aliphatic heterocycles. The molecule has 0 aromatic rings. The Morgan fingerprint density at radius 3 is 2.62 bits per heavy atom. The third-order valence-electron chi connectivity index (χ3n) is 2.81. The predicted octanol–water partition coefficient (Wildman–Crippen LogP) is 1.68. The quantitative estimate of drug-likeness (QED) is 0.663. The topological polar surface area (TPSA) is 50.1 Å². The van der Waals surface area contributed by atoms with Gasteiger partial charge in [-0.2, -0.15) is 5.26 Å². The van der Waals surface area contributed by atoms with Crippen molar-refractivity contribution < 1.29 is 9.53 Å². The van der Waals surface area contributed by atoms with E-state index < -0.39 is 0 Å². The Morgan fingerprint density at radius 1 is 1.54 bits per heavy atom. The molecule has 0 unspecified atom stereocenters. The van der Waals surface area contributed by atoms with E-state index in [1.807, 2.05) is 6.07 Å². The van der Waals surface area contributed by atoms with Crippen LogP contribution in [0.1, 0.15) is 32.1 Å². The van der Waals surface area contributed by atoms with E-state index in [-0.39, 0.29) is 17.6 Å². The summed E-state index contributed by atoms with van der Waals surface area (Å²) in [6.45, 7) is 0.480. The van der Waals surface area contributed by atoms with Gasteiger partial charge >= 0.3 is 0 Å². The number of ether oxygens (including phenoxy) is 1. The number of nitriles is 1. The number of hydrogen-bond donors (Lipinski definition) is 0. The van der Waals surface area contributed by atoms with Crippen LogP contribution in [0.15, 0.2) is 0 Å². The van der Waals surface area contributed by atoms with Crippen LogP contribution in [-0.2, 0) is 9.53 Å². The highest BCUT2D eigenvalue weighted by Gasteiger charge is 2.40. The van der Waals surface area contributed by atoms with E-state index in [1.165, 1.54) is 0 Å². The normalized spacial score (nSPS) is 19.7. The highest BCUT2D eigenvalue weighted by molar-refractivity contribution is 5.86. The van der Waals surface area contributed by atoms with Gasteiger partial charge in [0.1, 0.15) is 0 Å². The lowest BCUT2D eigenvalue weighted by atomic mass is 9.81. The maximum atomic E-state index is 11.7. The van der Waals surface area contributed by atoms with E-state index in [2.05, 4.69) is 0 Å². The summed E-state index contributed by atoms with van der Waals surface area (Å²) in [5, 5.41) is 8.47. The van der Waals surface area contributed by atoms with Crippen LogP contribution in [0, 0.1) is 16.7 Å². The zero-order valence-corrected chi connectivity index (χ0v) is 8.01. The van der Waals surface area contributed by atoms with Gasteiger partial charge in [-0.15, -0.1) is 0 Å². The molecule has 3 nitrogen and oxygen atoms in total. The van der Waals surface area contributed by atoms with Gasteiger partial charge in [-0.1, -0.05) is 12.8 Å². The first kappa shape index (κ1) is 10.2. The van der Waals surface area contributed by atoms with E-state index >= 15 is 0 Å². The lowest BCUT2D eigenvalue weighted by Crippen LogP contribution is -2.32. The molecule has 13 heavy (non-hydrogen) atoms. The summed E-state index contributed by atoms with van der Waals surface area (Å²) in [6, 6.07) is 1.92. The third kappa shape index (κ3) is 2.07. The Balaban J connectivity index is 2.66. The van der Waals surface area contributed by atoms with Gasteiger partial charge < -0.3 is 4.74 Å². The van der Waals surface area contributed by atoms with Gasteiger partial charge in [0.15, 0.2) is 5.78 Å². The maximum Gasteiger partial charge on any atom is 0.155 e. The van der Waals surface area contributed by atoms with E-state index in [9.17, 15) is 4.79 Å². The summed E-state index contributed by atoms with van der Waals surface area (Å²) < 4.78 is 5.07. The molecular weight excluding hydrogens is 166 g/mol. The van der Waals surface area contributed by atoms with Crippen molar-refractivity contribution in [2.75, 3.05) is 13.7 Å². The molecule has 0 N–H and O–H groups in total. The number of methoxy groups -OCH3 is 1. The zero-order chi connectivity index (χ0) is 9.73. The SMILES string of the molecule is COCC1(C(=O)CC#N)CCCC1. The zero-order valence-electron chi connectivity index (χ0n) is 8.01. The number of rotatable bonds is 4. The van der Waals surface area contributed by atoms with E-state index in [1.54, 1.807) is 7.11 Å². The van der Waals surface area contributed by atoms with Gasteiger partial charge in [0.25, 0.3) is 0 Å². The monoisotopic (exact) mass is 181 g/mol. The number of nitrogens with zero attached hydrogens (tertiary/aromatic N) is 1. The first-order valence-electron chi connectivity index (χ1n) is 4.64. The molecule has 0 aromatic heterocycles. The van der Waals surface area contributed by atoms with Gasteiger partial charge in [-0.25, -0.2) is 0 Å². The number of hydrogen-bond acceptors (Lipinski definition) is 3. The molecule has 3 heteroatoms. The Kier molecular flexibility index (Phi) is 3.44. The predicted molar refractivity (Wildman–Crippen MR) is 48.0 cm³/mol. The maximum absolute atomic E-state index is 11.7. The molecule has 0 amide bonds. The van der Waals surface area contributed by atoms with E-state index in [4.69, 9.17) is 10.00 Å².